The van der Waals surface area contributed by atoms with Crippen molar-refractivity contribution in [2.75, 3.05) is 35.6 Å². The fourth-order valence-electron chi connectivity index (χ4n) is 3.84. The summed E-state index contributed by atoms with van der Waals surface area (Å²) in [5, 5.41) is 15.9. The number of sulfonamides is 1. The fraction of sp³-hybridized carbons (Fsp3) is 0.500. The normalized spacial score (nSPS) is 17.9. The van der Waals surface area contributed by atoms with Crippen LogP contribution in [0.3, 0.4) is 0 Å². The smallest absolute Gasteiger partial charge is 0.233 e. The van der Waals surface area contributed by atoms with E-state index in [0.29, 0.717) is 41.8 Å². The van der Waals surface area contributed by atoms with Crippen LogP contribution in [0.2, 0.25) is 0 Å². The number of rotatable bonds is 8. The molecule has 4 heterocycles. The number of aliphatic hydroxyl groups is 1. The average Bonchev–Trinajstić information content (AvgIpc) is 3.25. The molecular formula is C20H28N8O3S. The van der Waals surface area contributed by atoms with Gasteiger partial charge in [0.25, 0.3) is 0 Å². The lowest BCUT2D eigenvalue weighted by Gasteiger charge is -2.34. The molecule has 12 heteroatoms. The summed E-state index contributed by atoms with van der Waals surface area (Å²) >= 11 is 0. The van der Waals surface area contributed by atoms with E-state index in [1.807, 2.05) is 6.92 Å². The number of hydrogen-bond donors (Lipinski definition) is 4. The van der Waals surface area contributed by atoms with E-state index in [1.165, 1.54) is 10.6 Å². The van der Waals surface area contributed by atoms with Gasteiger partial charge in [-0.15, -0.1) is 0 Å². The second kappa shape index (κ2) is 9.35. The van der Waals surface area contributed by atoms with Gasteiger partial charge in [0.2, 0.25) is 16.0 Å². The highest BCUT2D eigenvalue weighted by molar-refractivity contribution is 7.92. The van der Waals surface area contributed by atoms with Crippen molar-refractivity contribution in [1.29, 1.82) is 0 Å². The Labute approximate surface area is 186 Å². The second-order valence-electron chi connectivity index (χ2n) is 7.89. The van der Waals surface area contributed by atoms with Crippen molar-refractivity contribution in [3.63, 3.8) is 0 Å². The lowest BCUT2D eigenvalue weighted by molar-refractivity contribution is 0.271. The fourth-order valence-corrected chi connectivity index (χ4v) is 5.02. The highest BCUT2D eigenvalue weighted by Crippen LogP contribution is 2.33. The standard InChI is InChI=1S/C20H28N8O3S/c1-3-13(12-29)25-20-24-10-15(17-11-23-18-16(26-17)6-8-22-18)19(27-20)28(32(2,30)31)14-5-4-7-21-9-14/h6,8,10-11,13-14,21,29H,3-5,7,9,12H2,1-2H3,(H,22,23)(H,24,25,27)/t13-,14+/m1/s1. The molecule has 0 aromatic carbocycles. The van der Waals surface area contributed by atoms with Crippen LogP contribution in [0.15, 0.2) is 24.7 Å². The molecule has 1 saturated heterocycles. The lowest BCUT2D eigenvalue weighted by Crippen LogP contribution is -2.49. The van der Waals surface area contributed by atoms with Gasteiger partial charge in [-0.25, -0.2) is 27.7 Å². The van der Waals surface area contributed by atoms with Gasteiger partial charge in [-0.1, -0.05) is 6.92 Å². The molecule has 3 aromatic heterocycles. The van der Waals surface area contributed by atoms with Gasteiger partial charge in [-0.2, -0.15) is 4.98 Å². The van der Waals surface area contributed by atoms with Gasteiger partial charge in [0.15, 0.2) is 11.5 Å². The Hall–Kier alpha value is -2.83. The van der Waals surface area contributed by atoms with E-state index in [4.69, 9.17) is 0 Å². The molecule has 11 nitrogen and oxygen atoms in total. The highest BCUT2D eigenvalue weighted by Gasteiger charge is 2.32. The summed E-state index contributed by atoms with van der Waals surface area (Å²) in [5.41, 5.74) is 2.25. The number of anilines is 2. The monoisotopic (exact) mass is 460 g/mol. The van der Waals surface area contributed by atoms with Crippen LogP contribution in [0, 0.1) is 0 Å². The van der Waals surface area contributed by atoms with Crippen LogP contribution in [-0.4, -0.2) is 76.5 Å². The summed E-state index contributed by atoms with van der Waals surface area (Å²) in [4.78, 5) is 21.0. The first-order valence-electron chi connectivity index (χ1n) is 10.7. The number of hydrogen-bond acceptors (Lipinski definition) is 9. The predicted molar refractivity (Wildman–Crippen MR) is 123 cm³/mol. The van der Waals surface area contributed by atoms with Gasteiger partial charge in [-0.05, 0) is 31.9 Å². The van der Waals surface area contributed by atoms with E-state index >= 15 is 0 Å². The summed E-state index contributed by atoms with van der Waals surface area (Å²) < 4.78 is 27.3. The van der Waals surface area contributed by atoms with Crippen LogP contribution in [0.1, 0.15) is 26.2 Å². The Kier molecular flexibility index (Phi) is 6.53. The molecule has 1 aliphatic rings. The van der Waals surface area contributed by atoms with Gasteiger partial charge in [0.05, 0.1) is 42.4 Å². The van der Waals surface area contributed by atoms with Crippen molar-refractivity contribution in [2.45, 2.75) is 38.3 Å². The number of piperidine rings is 1. The molecule has 0 bridgehead atoms. The summed E-state index contributed by atoms with van der Waals surface area (Å²) in [6.45, 7) is 3.22. The molecule has 0 saturated carbocycles. The zero-order chi connectivity index (χ0) is 22.7. The molecule has 4 N–H and O–H groups in total. The Morgan fingerprint density at radius 3 is 2.84 bits per heavy atom. The van der Waals surface area contributed by atoms with E-state index in [9.17, 15) is 13.5 Å². The SMILES string of the molecule is CC[C@H](CO)Nc1ncc(-c2cnc3[nH]ccc3n2)c(N([C@H]2CCCNC2)S(C)(=O)=O)n1. The molecule has 0 spiro atoms. The third-order valence-electron chi connectivity index (χ3n) is 5.52. The lowest BCUT2D eigenvalue weighted by atomic mass is 10.1. The maximum atomic E-state index is 13.0. The van der Waals surface area contributed by atoms with Crippen LogP contribution < -0.4 is 14.9 Å². The summed E-state index contributed by atoms with van der Waals surface area (Å²) in [6.07, 6.45) is 8.30. The topological polar surface area (TPSA) is 149 Å². The first-order chi connectivity index (χ1) is 15.4. The quantitative estimate of drug-likeness (QED) is 0.388. The average molecular weight is 461 g/mol. The zero-order valence-electron chi connectivity index (χ0n) is 18.1. The van der Waals surface area contributed by atoms with Gasteiger partial charge >= 0.3 is 0 Å². The van der Waals surface area contributed by atoms with E-state index in [0.717, 1.165) is 13.0 Å². The van der Waals surface area contributed by atoms with Gasteiger partial charge in [-0.3, -0.25) is 0 Å². The molecule has 0 aliphatic carbocycles. The zero-order valence-corrected chi connectivity index (χ0v) is 18.9. The molecule has 0 radical (unpaired) electrons. The Morgan fingerprint density at radius 1 is 1.31 bits per heavy atom. The number of nitrogens with one attached hydrogen (secondary N) is 3. The largest absolute Gasteiger partial charge is 0.394 e. The molecule has 172 valence electrons. The van der Waals surface area contributed by atoms with Crippen LogP contribution in [0.5, 0.6) is 0 Å². The second-order valence-corrected chi connectivity index (χ2v) is 9.75. The first kappa shape index (κ1) is 22.4. The van der Waals surface area contributed by atoms with E-state index < -0.39 is 10.0 Å². The number of nitrogens with zero attached hydrogens (tertiary/aromatic N) is 5. The van der Waals surface area contributed by atoms with Gasteiger partial charge in [0, 0.05) is 18.9 Å². The Bertz CT molecular complexity index is 1170. The Balaban J connectivity index is 1.86. The summed E-state index contributed by atoms with van der Waals surface area (Å²) in [7, 11) is -3.66. The third kappa shape index (κ3) is 4.66. The van der Waals surface area contributed by atoms with Crippen molar-refractivity contribution in [1.82, 2.24) is 30.2 Å². The van der Waals surface area contributed by atoms with E-state index in [1.54, 1.807) is 24.7 Å². The van der Waals surface area contributed by atoms with Crippen molar-refractivity contribution in [3.8, 4) is 11.3 Å². The minimum atomic E-state index is -3.66. The molecule has 32 heavy (non-hydrogen) atoms. The molecular weight excluding hydrogens is 432 g/mol. The molecule has 0 amide bonds. The summed E-state index contributed by atoms with van der Waals surface area (Å²) in [6, 6.07) is 1.27. The number of aromatic nitrogens is 5. The van der Waals surface area contributed by atoms with Crippen LogP contribution in [-0.2, 0) is 10.0 Å². The predicted octanol–water partition coefficient (Wildman–Crippen LogP) is 1.12. The molecule has 1 fully saturated rings. The maximum Gasteiger partial charge on any atom is 0.233 e. The third-order valence-corrected chi connectivity index (χ3v) is 6.71. The van der Waals surface area contributed by atoms with Crippen LogP contribution >= 0.6 is 0 Å². The molecule has 2 atom stereocenters. The highest BCUT2D eigenvalue weighted by atomic mass is 32.2. The van der Waals surface area contributed by atoms with E-state index in [-0.39, 0.29) is 30.5 Å². The van der Waals surface area contributed by atoms with Crippen molar-refractivity contribution in [2.24, 2.45) is 0 Å². The van der Waals surface area contributed by atoms with E-state index in [2.05, 4.69) is 35.6 Å². The van der Waals surface area contributed by atoms with Crippen LogP contribution in [0.25, 0.3) is 22.4 Å². The number of fused-ring (bicyclic) bond motifs is 1. The van der Waals surface area contributed by atoms with Crippen molar-refractivity contribution >= 4 is 33.0 Å². The number of aromatic amines is 1. The number of H-pyrrole nitrogens is 1. The Morgan fingerprint density at radius 2 is 2.16 bits per heavy atom. The minimum absolute atomic E-state index is 0.0884. The molecule has 1 aliphatic heterocycles. The molecule has 4 rings (SSSR count). The maximum absolute atomic E-state index is 13.0. The van der Waals surface area contributed by atoms with Crippen molar-refractivity contribution in [3.05, 3.63) is 24.7 Å². The van der Waals surface area contributed by atoms with Crippen molar-refractivity contribution < 1.29 is 13.5 Å². The number of aliphatic hydroxyl groups excluding tert-OH is 1. The molecule has 3 aromatic rings. The van der Waals surface area contributed by atoms with Crippen LogP contribution in [0.4, 0.5) is 11.8 Å². The molecule has 0 unspecified atom stereocenters. The minimum Gasteiger partial charge on any atom is -0.394 e. The first-order valence-corrected chi connectivity index (χ1v) is 12.5. The van der Waals surface area contributed by atoms with Gasteiger partial charge in [0.1, 0.15) is 5.52 Å². The summed E-state index contributed by atoms with van der Waals surface area (Å²) in [5.74, 6) is 0.494. The van der Waals surface area contributed by atoms with Gasteiger partial charge < -0.3 is 20.7 Å².